The van der Waals surface area contributed by atoms with Crippen molar-refractivity contribution in [3.63, 3.8) is 0 Å². The molecule has 1 atom stereocenters. The smallest absolute Gasteiger partial charge is 0.223 e. The van der Waals surface area contributed by atoms with E-state index in [1.54, 1.807) is 13.2 Å². The van der Waals surface area contributed by atoms with E-state index >= 15 is 0 Å². The summed E-state index contributed by atoms with van der Waals surface area (Å²) in [7, 11) is -1.59. The Balaban J connectivity index is 1.95. The normalized spacial score (nSPS) is 19.4. The lowest BCUT2D eigenvalue weighted by Gasteiger charge is -2.32. The molecule has 1 fully saturated rings. The summed E-state index contributed by atoms with van der Waals surface area (Å²) in [6.07, 6.45) is 2.25. The Morgan fingerprint density at radius 2 is 2.04 bits per heavy atom. The predicted molar refractivity (Wildman–Crippen MR) is 98.0 cm³/mol. The molecular weight excluding hydrogens is 364 g/mol. The second-order valence-electron chi connectivity index (χ2n) is 6.60. The van der Waals surface area contributed by atoms with Crippen molar-refractivity contribution in [3.05, 3.63) is 34.9 Å². The van der Waals surface area contributed by atoms with Crippen LogP contribution in [0.15, 0.2) is 24.3 Å². The summed E-state index contributed by atoms with van der Waals surface area (Å²) in [5.74, 6) is -0.253. The van der Waals surface area contributed by atoms with Gasteiger partial charge in [0.05, 0.1) is 12.8 Å². The zero-order chi connectivity index (χ0) is 18.7. The van der Waals surface area contributed by atoms with Crippen molar-refractivity contribution in [2.75, 3.05) is 33.0 Å². The fourth-order valence-electron chi connectivity index (χ4n) is 2.96. The van der Waals surface area contributed by atoms with E-state index in [0.717, 1.165) is 5.56 Å². The van der Waals surface area contributed by atoms with Crippen LogP contribution in [0.25, 0.3) is 0 Å². The number of hydrogen-bond donors (Lipinski definition) is 1. The number of rotatable bonds is 6. The van der Waals surface area contributed by atoms with Crippen LogP contribution >= 0.6 is 11.6 Å². The molecule has 1 aliphatic heterocycles. The number of carbonyl (C=O) groups is 1. The summed E-state index contributed by atoms with van der Waals surface area (Å²) < 4.78 is 30.1. The number of nitrogens with one attached hydrogen (secondary N) is 1. The van der Waals surface area contributed by atoms with E-state index in [4.69, 9.17) is 16.3 Å². The van der Waals surface area contributed by atoms with Crippen molar-refractivity contribution < 1.29 is 17.9 Å². The zero-order valence-corrected chi connectivity index (χ0v) is 16.4. The fraction of sp³-hybridized carbons (Fsp3) is 0.588. The number of ether oxygens (including phenoxy) is 1. The van der Waals surface area contributed by atoms with Crippen LogP contribution in [0, 0.1) is 5.92 Å². The van der Waals surface area contributed by atoms with Gasteiger partial charge in [-0.05, 0) is 37.5 Å². The van der Waals surface area contributed by atoms with Gasteiger partial charge in [0.2, 0.25) is 15.9 Å². The second-order valence-corrected chi connectivity index (χ2v) is 9.02. The van der Waals surface area contributed by atoms with E-state index in [1.807, 2.05) is 25.1 Å². The summed E-state index contributed by atoms with van der Waals surface area (Å²) in [5.41, 5.74) is 0.197. The molecule has 0 spiro atoms. The number of amides is 1. The largest absolute Gasteiger partial charge is 0.372 e. The Kier molecular flexibility index (Phi) is 6.48. The van der Waals surface area contributed by atoms with Crippen LogP contribution in [-0.2, 0) is 25.2 Å². The van der Waals surface area contributed by atoms with Crippen molar-refractivity contribution >= 4 is 27.5 Å². The Morgan fingerprint density at radius 1 is 1.40 bits per heavy atom. The molecule has 1 aromatic carbocycles. The third kappa shape index (κ3) is 5.17. The number of sulfonamides is 1. The van der Waals surface area contributed by atoms with E-state index in [-0.39, 0.29) is 11.8 Å². The highest BCUT2D eigenvalue weighted by atomic mass is 35.5. The molecule has 2 rings (SSSR count). The minimum atomic E-state index is -3.19. The van der Waals surface area contributed by atoms with E-state index in [9.17, 15) is 13.2 Å². The van der Waals surface area contributed by atoms with Gasteiger partial charge in [-0.2, -0.15) is 0 Å². The van der Waals surface area contributed by atoms with Crippen molar-refractivity contribution in [1.29, 1.82) is 0 Å². The first kappa shape index (κ1) is 20.2. The fourth-order valence-corrected chi connectivity index (χ4v) is 4.02. The van der Waals surface area contributed by atoms with Gasteiger partial charge in [0.25, 0.3) is 0 Å². The summed E-state index contributed by atoms with van der Waals surface area (Å²) in [6.45, 7) is 2.97. The minimum Gasteiger partial charge on any atom is -0.372 e. The number of halogens is 1. The quantitative estimate of drug-likeness (QED) is 0.808. The van der Waals surface area contributed by atoms with E-state index in [2.05, 4.69) is 5.32 Å². The van der Waals surface area contributed by atoms with Gasteiger partial charge in [0, 0.05) is 31.1 Å². The molecule has 0 unspecified atom stereocenters. The van der Waals surface area contributed by atoms with Gasteiger partial charge in [0.15, 0.2) is 0 Å². The molecule has 0 aromatic heterocycles. The van der Waals surface area contributed by atoms with Crippen molar-refractivity contribution in [2.45, 2.75) is 25.4 Å². The molecule has 1 aliphatic rings. The second kappa shape index (κ2) is 8.03. The molecule has 1 heterocycles. The minimum absolute atomic E-state index is 0.0709. The Hall–Kier alpha value is -1.15. The predicted octanol–water partition coefficient (Wildman–Crippen LogP) is 1.99. The molecular formula is C17H25ClN2O4S. The molecule has 0 saturated carbocycles. The van der Waals surface area contributed by atoms with E-state index < -0.39 is 15.6 Å². The van der Waals surface area contributed by atoms with Gasteiger partial charge >= 0.3 is 0 Å². The standard InChI is InChI=1S/C17H25ClN2O4S/c1-17(24-2,14-5-4-6-15(18)11-14)12-19-16(21)13-7-9-20(10-8-13)25(3,22)23/h4-6,11,13H,7-10,12H2,1-3H3,(H,19,21)/t17-/m0/s1. The number of benzene rings is 1. The first-order valence-electron chi connectivity index (χ1n) is 8.20. The first-order chi connectivity index (χ1) is 11.7. The number of nitrogens with zero attached hydrogens (tertiary/aromatic N) is 1. The van der Waals surface area contributed by atoms with Crippen LogP contribution in [0.4, 0.5) is 0 Å². The molecule has 0 radical (unpaired) electrons. The lowest BCUT2D eigenvalue weighted by Crippen LogP contribution is -2.46. The molecule has 8 heteroatoms. The van der Waals surface area contributed by atoms with Crippen molar-refractivity contribution in [1.82, 2.24) is 9.62 Å². The summed E-state index contributed by atoms with van der Waals surface area (Å²) in [5, 5.41) is 3.55. The molecule has 1 saturated heterocycles. The lowest BCUT2D eigenvalue weighted by molar-refractivity contribution is -0.127. The van der Waals surface area contributed by atoms with Gasteiger partial charge in [0.1, 0.15) is 5.60 Å². The van der Waals surface area contributed by atoms with Crippen LogP contribution < -0.4 is 5.32 Å². The molecule has 0 aliphatic carbocycles. The van der Waals surface area contributed by atoms with Gasteiger partial charge in [-0.15, -0.1) is 0 Å². The van der Waals surface area contributed by atoms with Crippen LogP contribution in [0.5, 0.6) is 0 Å². The molecule has 140 valence electrons. The Labute approximate surface area is 154 Å². The molecule has 6 nitrogen and oxygen atoms in total. The van der Waals surface area contributed by atoms with Crippen molar-refractivity contribution in [3.8, 4) is 0 Å². The van der Waals surface area contributed by atoms with Crippen LogP contribution in [0.1, 0.15) is 25.3 Å². The summed E-state index contributed by atoms with van der Waals surface area (Å²) in [6, 6.07) is 7.36. The number of hydrogen-bond acceptors (Lipinski definition) is 4. The van der Waals surface area contributed by atoms with Gasteiger partial charge in [-0.3, -0.25) is 4.79 Å². The molecule has 1 N–H and O–H groups in total. The van der Waals surface area contributed by atoms with Crippen LogP contribution in [0.2, 0.25) is 5.02 Å². The highest BCUT2D eigenvalue weighted by molar-refractivity contribution is 7.88. The third-order valence-corrected chi connectivity index (χ3v) is 6.32. The number of piperidine rings is 1. The van der Waals surface area contributed by atoms with Crippen molar-refractivity contribution in [2.24, 2.45) is 5.92 Å². The highest BCUT2D eigenvalue weighted by Crippen LogP contribution is 2.27. The maximum Gasteiger partial charge on any atom is 0.223 e. The zero-order valence-electron chi connectivity index (χ0n) is 14.8. The van der Waals surface area contributed by atoms with Gasteiger partial charge < -0.3 is 10.1 Å². The summed E-state index contributed by atoms with van der Waals surface area (Å²) in [4.78, 5) is 12.5. The SMILES string of the molecule is CO[C@@](C)(CNC(=O)C1CCN(S(C)(=O)=O)CC1)c1cccc(Cl)c1. The molecule has 0 bridgehead atoms. The maximum atomic E-state index is 12.5. The molecule has 1 amide bonds. The van der Waals surface area contributed by atoms with E-state index in [0.29, 0.717) is 37.5 Å². The van der Waals surface area contributed by atoms with Crippen LogP contribution in [-0.4, -0.2) is 51.6 Å². The third-order valence-electron chi connectivity index (χ3n) is 4.78. The lowest BCUT2D eigenvalue weighted by atomic mass is 9.94. The average molecular weight is 389 g/mol. The molecule has 1 aromatic rings. The Morgan fingerprint density at radius 3 is 2.56 bits per heavy atom. The van der Waals surface area contributed by atoms with Gasteiger partial charge in [-0.1, -0.05) is 23.7 Å². The monoisotopic (exact) mass is 388 g/mol. The Bertz CT molecular complexity index is 717. The van der Waals surface area contributed by atoms with Gasteiger partial charge in [-0.25, -0.2) is 12.7 Å². The first-order valence-corrected chi connectivity index (χ1v) is 10.4. The highest BCUT2D eigenvalue weighted by Gasteiger charge is 2.31. The number of carbonyl (C=O) groups excluding carboxylic acids is 1. The summed E-state index contributed by atoms with van der Waals surface area (Å²) >= 11 is 6.05. The average Bonchev–Trinajstić information content (AvgIpc) is 2.58. The maximum absolute atomic E-state index is 12.5. The van der Waals surface area contributed by atoms with Crippen LogP contribution in [0.3, 0.4) is 0 Å². The molecule has 25 heavy (non-hydrogen) atoms. The topological polar surface area (TPSA) is 75.7 Å². The van der Waals surface area contributed by atoms with E-state index in [1.165, 1.54) is 10.6 Å². The number of methoxy groups -OCH3 is 1.